The van der Waals surface area contributed by atoms with Crippen LogP contribution in [0.2, 0.25) is 0 Å². The number of hydrogen-bond donors (Lipinski definition) is 2. The molecule has 0 spiro atoms. The van der Waals surface area contributed by atoms with E-state index in [4.69, 9.17) is 4.74 Å². The molecular weight excluding hydrogens is 354 g/mol. The largest absolute Gasteiger partial charge is 0.480 e. The summed E-state index contributed by atoms with van der Waals surface area (Å²) < 4.78 is 5.03. The number of esters is 1. The van der Waals surface area contributed by atoms with Crippen molar-refractivity contribution in [2.45, 2.75) is 65.1 Å². The Bertz CT molecular complexity index is 549. The summed E-state index contributed by atoms with van der Waals surface area (Å²) in [6.45, 7) is 8.49. The van der Waals surface area contributed by atoms with E-state index in [1.165, 1.54) is 4.90 Å². The van der Waals surface area contributed by atoms with Gasteiger partial charge in [-0.25, -0.2) is 4.79 Å². The van der Waals surface area contributed by atoms with Crippen LogP contribution in [0.3, 0.4) is 0 Å². The molecule has 0 radical (unpaired) electrons. The first-order valence-corrected chi connectivity index (χ1v) is 9.50. The lowest BCUT2D eigenvalue weighted by Gasteiger charge is -2.28. The fourth-order valence-electron chi connectivity index (χ4n) is 3.24. The van der Waals surface area contributed by atoms with Crippen LogP contribution in [0.5, 0.6) is 0 Å². The Labute approximate surface area is 160 Å². The lowest BCUT2D eigenvalue weighted by atomic mass is 10.1. The second-order valence-corrected chi connectivity index (χ2v) is 6.49. The van der Waals surface area contributed by atoms with Crippen LogP contribution in [-0.4, -0.2) is 83.0 Å². The minimum absolute atomic E-state index is 0.125. The van der Waals surface area contributed by atoms with Crippen molar-refractivity contribution in [2.24, 2.45) is 0 Å². The van der Waals surface area contributed by atoms with Crippen LogP contribution in [-0.2, 0) is 23.9 Å². The predicted octanol–water partition coefficient (Wildman–Crippen LogP) is 0.230. The van der Waals surface area contributed by atoms with Crippen LogP contribution < -0.4 is 5.32 Å². The standard InChI is InChI=1S/C18H31N3O6/c1-5-20(6-2)15(22)11-13(18(26)27-7-3)19-12(4)16(23)21-10-8-9-14(21)17(24)25/h12-14,19H,5-11H2,1-4H3,(H,24,25)/t12-,13?,14-/m0/s1. The van der Waals surface area contributed by atoms with Crippen LogP contribution in [0.4, 0.5) is 0 Å². The van der Waals surface area contributed by atoms with Gasteiger partial charge < -0.3 is 19.6 Å². The maximum Gasteiger partial charge on any atom is 0.326 e. The number of carboxylic acid groups (broad SMARTS) is 1. The van der Waals surface area contributed by atoms with Crippen LogP contribution in [0, 0.1) is 0 Å². The molecule has 0 saturated carbocycles. The van der Waals surface area contributed by atoms with Gasteiger partial charge in [-0.1, -0.05) is 0 Å². The average molecular weight is 385 g/mol. The molecule has 2 amide bonds. The fourth-order valence-corrected chi connectivity index (χ4v) is 3.24. The second-order valence-electron chi connectivity index (χ2n) is 6.49. The number of likely N-dealkylation sites (tertiary alicyclic amines) is 1. The molecule has 9 heteroatoms. The molecule has 0 bridgehead atoms. The van der Waals surface area contributed by atoms with E-state index >= 15 is 0 Å². The van der Waals surface area contributed by atoms with Gasteiger partial charge in [-0.2, -0.15) is 0 Å². The normalized spacial score (nSPS) is 18.7. The van der Waals surface area contributed by atoms with Crippen molar-refractivity contribution in [1.82, 2.24) is 15.1 Å². The van der Waals surface area contributed by atoms with Gasteiger partial charge in [0.15, 0.2) is 0 Å². The van der Waals surface area contributed by atoms with Crippen molar-refractivity contribution in [3.05, 3.63) is 0 Å². The molecule has 27 heavy (non-hydrogen) atoms. The van der Waals surface area contributed by atoms with Gasteiger partial charge in [0.2, 0.25) is 11.8 Å². The number of nitrogens with one attached hydrogen (secondary N) is 1. The number of hydrogen-bond acceptors (Lipinski definition) is 6. The van der Waals surface area contributed by atoms with E-state index < -0.39 is 36.0 Å². The predicted molar refractivity (Wildman–Crippen MR) is 97.9 cm³/mol. The molecule has 0 aliphatic carbocycles. The lowest BCUT2D eigenvalue weighted by Crippen LogP contribution is -2.54. The summed E-state index contributed by atoms with van der Waals surface area (Å²) >= 11 is 0. The Balaban J connectivity index is 2.84. The van der Waals surface area contributed by atoms with E-state index in [0.29, 0.717) is 32.5 Å². The molecule has 1 unspecified atom stereocenters. The molecule has 1 heterocycles. The molecule has 1 aliphatic heterocycles. The Hall–Kier alpha value is -2.16. The highest BCUT2D eigenvalue weighted by Crippen LogP contribution is 2.18. The van der Waals surface area contributed by atoms with Gasteiger partial charge in [0, 0.05) is 19.6 Å². The molecule has 1 saturated heterocycles. The van der Waals surface area contributed by atoms with Gasteiger partial charge in [-0.05, 0) is 40.5 Å². The summed E-state index contributed by atoms with van der Waals surface area (Å²) in [7, 11) is 0. The molecule has 2 N–H and O–H groups in total. The molecule has 0 aromatic heterocycles. The number of carbonyl (C=O) groups is 4. The maximum atomic E-state index is 12.7. The number of carbonyl (C=O) groups excluding carboxylic acids is 3. The molecule has 1 aliphatic rings. The van der Waals surface area contributed by atoms with E-state index in [-0.39, 0.29) is 18.9 Å². The van der Waals surface area contributed by atoms with E-state index in [2.05, 4.69) is 5.32 Å². The third-order valence-electron chi connectivity index (χ3n) is 4.71. The van der Waals surface area contributed by atoms with E-state index in [1.54, 1.807) is 18.7 Å². The third kappa shape index (κ3) is 6.20. The van der Waals surface area contributed by atoms with Crippen LogP contribution in [0.1, 0.15) is 47.0 Å². The Morgan fingerprint density at radius 1 is 1.22 bits per heavy atom. The highest BCUT2D eigenvalue weighted by molar-refractivity contribution is 5.89. The maximum absolute atomic E-state index is 12.7. The zero-order chi connectivity index (χ0) is 20.6. The summed E-state index contributed by atoms with van der Waals surface area (Å²) in [5.74, 6) is -2.25. The highest BCUT2D eigenvalue weighted by atomic mass is 16.5. The quantitative estimate of drug-likeness (QED) is 0.517. The number of aliphatic carboxylic acids is 1. The lowest BCUT2D eigenvalue weighted by molar-refractivity contribution is -0.151. The van der Waals surface area contributed by atoms with Crippen molar-refractivity contribution < 1.29 is 29.0 Å². The number of rotatable bonds is 10. The number of carboxylic acids is 1. The molecule has 9 nitrogen and oxygen atoms in total. The zero-order valence-corrected chi connectivity index (χ0v) is 16.6. The minimum Gasteiger partial charge on any atom is -0.480 e. The minimum atomic E-state index is -1.04. The topological polar surface area (TPSA) is 116 Å². The number of amides is 2. The molecule has 0 aromatic rings. The van der Waals surface area contributed by atoms with Crippen molar-refractivity contribution >= 4 is 23.8 Å². The highest BCUT2D eigenvalue weighted by Gasteiger charge is 2.37. The summed E-state index contributed by atoms with van der Waals surface area (Å²) in [5.41, 5.74) is 0. The van der Waals surface area contributed by atoms with Gasteiger partial charge in [-0.15, -0.1) is 0 Å². The Morgan fingerprint density at radius 3 is 2.37 bits per heavy atom. The Morgan fingerprint density at radius 2 is 1.85 bits per heavy atom. The SMILES string of the molecule is CCOC(=O)C(CC(=O)N(CC)CC)N[C@@H](C)C(=O)N1CCC[C@H]1C(=O)O. The molecule has 1 fully saturated rings. The van der Waals surface area contributed by atoms with Gasteiger partial charge in [0.1, 0.15) is 12.1 Å². The van der Waals surface area contributed by atoms with Crippen molar-refractivity contribution in [1.29, 1.82) is 0 Å². The van der Waals surface area contributed by atoms with Crippen molar-refractivity contribution in [3.63, 3.8) is 0 Å². The third-order valence-corrected chi connectivity index (χ3v) is 4.71. The smallest absolute Gasteiger partial charge is 0.326 e. The summed E-state index contributed by atoms with van der Waals surface area (Å²) in [4.78, 5) is 51.5. The molecule has 154 valence electrons. The summed E-state index contributed by atoms with van der Waals surface area (Å²) in [6, 6.07) is -2.63. The molecule has 3 atom stereocenters. The van der Waals surface area contributed by atoms with E-state index in [1.807, 2.05) is 13.8 Å². The first kappa shape index (κ1) is 22.9. The fraction of sp³-hybridized carbons (Fsp3) is 0.778. The number of nitrogens with zero attached hydrogens (tertiary/aromatic N) is 2. The van der Waals surface area contributed by atoms with E-state index in [0.717, 1.165) is 0 Å². The first-order valence-electron chi connectivity index (χ1n) is 9.50. The van der Waals surface area contributed by atoms with Crippen LogP contribution >= 0.6 is 0 Å². The summed E-state index contributed by atoms with van der Waals surface area (Å²) in [5, 5.41) is 12.1. The Kier molecular flexibility index (Phi) is 9.20. The van der Waals surface area contributed by atoms with Gasteiger partial charge in [0.25, 0.3) is 0 Å². The second kappa shape index (κ2) is 10.9. The monoisotopic (exact) mass is 385 g/mol. The zero-order valence-electron chi connectivity index (χ0n) is 16.6. The first-order chi connectivity index (χ1) is 12.8. The number of ether oxygens (including phenoxy) is 1. The molecule has 0 aromatic carbocycles. The van der Waals surface area contributed by atoms with E-state index in [9.17, 15) is 24.3 Å². The van der Waals surface area contributed by atoms with Crippen molar-refractivity contribution in [2.75, 3.05) is 26.2 Å². The average Bonchev–Trinajstić information content (AvgIpc) is 3.11. The summed E-state index contributed by atoms with van der Waals surface area (Å²) in [6.07, 6.45) is 0.910. The van der Waals surface area contributed by atoms with Crippen molar-refractivity contribution in [3.8, 4) is 0 Å². The van der Waals surface area contributed by atoms with Crippen LogP contribution in [0.25, 0.3) is 0 Å². The van der Waals surface area contributed by atoms with Gasteiger partial charge in [-0.3, -0.25) is 19.7 Å². The molecular formula is C18H31N3O6. The van der Waals surface area contributed by atoms with Gasteiger partial charge in [0.05, 0.1) is 19.1 Å². The van der Waals surface area contributed by atoms with Gasteiger partial charge >= 0.3 is 11.9 Å². The van der Waals surface area contributed by atoms with Crippen LogP contribution in [0.15, 0.2) is 0 Å². The molecule has 1 rings (SSSR count).